The fraction of sp³-hybridized carbons (Fsp3) is 0.632. The number of Topliss-reactive ketones (excluding diaryl/α,β-unsaturated/α-hetero) is 1. The summed E-state index contributed by atoms with van der Waals surface area (Å²) in [5, 5.41) is 0. The second-order valence-corrected chi connectivity index (χ2v) is 8.96. The van der Waals surface area contributed by atoms with Crippen LogP contribution in [0.3, 0.4) is 0 Å². The molecule has 0 atom stereocenters. The summed E-state index contributed by atoms with van der Waals surface area (Å²) in [4.78, 5) is 12.5. The van der Waals surface area contributed by atoms with Gasteiger partial charge in [0.15, 0.2) is 5.78 Å². The van der Waals surface area contributed by atoms with Gasteiger partial charge in [0, 0.05) is 19.0 Å². The van der Waals surface area contributed by atoms with E-state index in [0.717, 1.165) is 44.9 Å². The van der Waals surface area contributed by atoms with Crippen molar-refractivity contribution >= 4 is 15.8 Å². The van der Waals surface area contributed by atoms with E-state index in [1.54, 1.807) is 28.6 Å². The summed E-state index contributed by atoms with van der Waals surface area (Å²) >= 11 is 0. The van der Waals surface area contributed by atoms with E-state index >= 15 is 0 Å². The topological polar surface area (TPSA) is 63.7 Å². The van der Waals surface area contributed by atoms with Crippen LogP contribution in [0.25, 0.3) is 0 Å². The first-order valence-corrected chi connectivity index (χ1v) is 10.8. The van der Waals surface area contributed by atoms with Crippen LogP contribution in [0.15, 0.2) is 29.2 Å². The highest BCUT2D eigenvalue weighted by Crippen LogP contribution is 2.25. The average Bonchev–Trinajstić information content (AvgIpc) is 2.68. The summed E-state index contributed by atoms with van der Waals surface area (Å²) in [6, 6.07) is 6.44. The molecule has 0 N–H and O–H groups in total. The fourth-order valence-corrected chi connectivity index (χ4v) is 5.18. The molecule has 1 saturated carbocycles. The molecule has 1 saturated heterocycles. The lowest BCUT2D eigenvalue weighted by Gasteiger charge is -2.25. The van der Waals surface area contributed by atoms with Gasteiger partial charge in [-0.05, 0) is 49.9 Å². The Hall–Kier alpha value is -1.40. The van der Waals surface area contributed by atoms with Crippen molar-refractivity contribution in [2.45, 2.75) is 56.3 Å². The highest BCUT2D eigenvalue weighted by molar-refractivity contribution is 7.89. The first kappa shape index (κ1) is 18.4. The van der Waals surface area contributed by atoms with E-state index < -0.39 is 10.0 Å². The molecule has 1 aromatic rings. The summed E-state index contributed by atoms with van der Waals surface area (Å²) < 4.78 is 32.3. The molecule has 2 fully saturated rings. The molecule has 0 bridgehead atoms. The van der Waals surface area contributed by atoms with Crippen molar-refractivity contribution in [2.24, 2.45) is 5.92 Å². The van der Waals surface area contributed by atoms with Gasteiger partial charge >= 0.3 is 0 Å². The first-order valence-electron chi connectivity index (χ1n) is 9.33. The predicted octanol–water partition coefficient (Wildman–Crippen LogP) is 3.39. The predicted molar refractivity (Wildman–Crippen MR) is 96.1 cm³/mol. The Morgan fingerprint density at radius 2 is 1.56 bits per heavy atom. The SMILES string of the molecule is O=C(COc1ccc(S(=O)(=O)N2CCCCC2)cc1)C1CCCCC1. The van der Waals surface area contributed by atoms with Crippen molar-refractivity contribution < 1.29 is 17.9 Å². The van der Waals surface area contributed by atoms with Gasteiger partial charge in [-0.15, -0.1) is 0 Å². The largest absolute Gasteiger partial charge is 0.486 e. The fourth-order valence-electron chi connectivity index (χ4n) is 3.66. The van der Waals surface area contributed by atoms with Crippen LogP contribution in [0.5, 0.6) is 5.75 Å². The second kappa shape index (κ2) is 8.32. The van der Waals surface area contributed by atoms with E-state index in [9.17, 15) is 13.2 Å². The van der Waals surface area contributed by atoms with E-state index in [2.05, 4.69) is 0 Å². The molecular weight excluding hydrogens is 338 g/mol. The molecule has 1 aromatic carbocycles. The standard InChI is InChI=1S/C19H27NO4S/c21-19(16-7-3-1-4-8-16)15-24-17-9-11-18(12-10-17)25(22,23)20-13-5-2-6-14-20/h9-12,16H,1-8,13-15H2. The molecule has 0 unspecified atom stereocenters. The summed E-state index contributed by atoms with van der Waals surface area (Å²) in [7, 11) is -3.42. The lowest BCUT2D eigenvalue weighted by molar-refractivity contribution is -0.125. The zero-order chi connectivity index (χ0) is 17.7. The summed E-state index contributed by atoms with van der Waals surface area (Å²) in [5.41, 5.74) is 0. The van der Waals surface area contributed by atoms with Crippen molar-refractivity contribution in [3.8, 4) is 5.75 Å². The van der Waals surface area contributed by atoms with Crippen LogP contribution >= 0.6 is 0 Å². The lowest BCUT2D eigenvalue weighted by Crippen LogP contribution is -2.35. The minimum absolute atomic E-state index is 0.0723. The van der Waals surface area contributed by atoms with Gasteiger partial charge in [0.1, 0.15) is 12.4 Å². The van der Waals surface area contributed by atoms with Gasteiger partial charge < -0.3 is 4.74 Å². The zero-order valence-electron chi connectivity index (χ0n) is 14.7. The van der Waals surface area contributed by atoms with E-state index in [1.807, 2.05) is 0 Å². The molecule has 5 nitrogen and oxygen atoms in total. The maximum Gasteiger partial charge on any atom is 0.243 e. The Balaban J connectivity index is 1.57. The second-order valence-electron chi connectivity index (χ2n) is 7.03. The van der Waals surface area contributed by atoms with E-state index in [1.165, 1.54) is 6.42 Å². The van der Waals surface area contributed by atoms with Crippen molar-refractivity contribution in [2.75, 3.05) is 19.7 Å². The Bertz CT molecular complexity index is 672. The molecule has 2 aliphatic rings. The Morgan fingerprint density at radius 3 is 2.20 bits per heavy atom. The number of sulfonamides is 1. The van der Waals surface area contributed by atoms with Crippen molar-refractivity contribution in [1.82, 2.24) is 4.31 Å². The molecule has 0 amide bonds. The van der Waals surface area contributed by atoms with E-state index in [-0.39, 0.29) is 18.3 Å². The third-order valence-electron chi connectivity index (χ3n) is 5.22. The molecule has 1 heterocycles. The Morgan fingerprint density at radius 1 is 0.960 bits per heavy atom. The third kappa shape index (κ3) is 4.61. The third-order valence-corrected chi connectivity index (χ3v) is 7.13. The number of ether oxygens (including phenoxy) is 1. The molecule has 0 aromatic heterocycles. The number of nitrogens with zero attached hydrogens (tertiary/aromatic N) is 1. The van der Waals surface area contributed by atoms with Crippen LogP contribution in [0.1, 0.15) is 51.4 Å². The van der Waals surface area contributed by atoms with Crippen molar-refractivity contribution in [1.29, 1.82) is 0 Å². The van der Waals surface area contributed by atoms with Gasteiger partial charge in [-0.25, -0.2) is 8.42 Å². The van der Waals surface area contributed by atoms with Crippen LogP contribution in [-0.4, -0.2) is 38.2 Å². The maximum atomic E-state index is 12.6. The van der Waals surface area contributed by atoms with E-state index in [0.29, 0.717) is 23.7 Å². The van der Waals surface area contributed by atoms with Crippen LogP contribution in [0.4, 0.5) is 0 Å². The lowest BCUT2D eigenvalue weighted by atomic mass is 9.86. The monoisotopic (exact) mass is 365 g/mol. The molecule has 1 aliphatic heterocycles. The number of hydrogen-bond acceptors (Lipinski definition) is 4. The molecular formula is C19H27NO4S. The zero-order valence-corrected chi connectivity index (χ0v) is 15.5. The molecule has 138 valence electrons. The number of ketones is 1. The molecule has 0 spiro atoms. The van der Waals surface area contributed by atoms with Gasteiger partial charge in [0.05, 0.1) is 4.90 Å². The van der Waals surface area contributed by atoms with Gasteiger partial charge in [0.25, 0.3) is 0 Å². The molecule has 25 heavy (non-hydrogen) atoms. The van der Waals surface area contributed by atoms with Crippen molar-refractivity contribution in [3.63, 3.8) is 0 Å². The van der Waals surface area contributed by atoms with E-state index in [4.69, 9.17) is 4.74 Å². The molecule has 0 radical (unpaired) electrons. The van der Waals surface area contributed by atoms with Gasteiger partial charge in [-0.1, -0.05) is 25.7 Å². The summed E-state index contributed by atoms with van der Waals surface area (Å²) in [6.45, 7) is 1.26. The van der Waals surface area contributed by atoms with Crippen LogP contribution < -0.4 is 4.74 Å². The maximum absolute atomic E-state index is 12.6. The highest BCUT2D eigenvalue weighted by Gasteiger charge is 2.26. The minimum atomic E-state index is -3.42. The Labute approximate surface area is 150 Å². The molecule has 3 rings (SSSR count). The number of benzene rings is 1. The van der Waals surface area contributed by atoms with Gasteiger partial charge in [0.2, 0.25) is 10.0 Å². The van der Waals surface area contributed by atoms with Gasteiger partial charge in [-0.2, -0.15) is 4.31 Å². The van der Waals surface area contributed by atoms with Crippen molar-refractivity contribution in [3.05, 3.63) is 24.3 Å². The molecule has 1 aliphatic carbocycles. The average molecular weight is 365 g/mol. The van der Waals surface area contributed by atoms with Crippen LogP contribution in [0, 0.1) is 5.92 Å². The summed E-state index contributed by atoms with van der Waals surface area (Å²) in [6.07, 6.45) is 8.34. The first-order chi connectivity index (χ1) is 12.1. The minimum Gasteiger partial charge on any atom is -0.486 e. The number of carbonyl (C=O) groups is 1. The van der Waals surface area contributed by atoms with Crippen LogP contribution in [0.2, 0.25) is 0 Å². The number of piperidine rings is 1. The highest BCUT2D eigenvalue weighted by atomic mass is 32.2. The number of hydrogen-bond donors (Lipinski definition) is 0. The smallest absolute Gasteiger partial charge is 0.243 e. The summed E-state index contributed by atoms with van der Waals surface area (Å²) in [5.74, 6) is 0.832. The normalized spacial score (nSPS) is 20.3. The van der Waals surface area contributed by atoms with Gasteiger partial charge in [-0.3, -0.25) is 4.79 Å². The Kier molecular flexibility index (Phi) is 6.12. The molecule has 6 heteroatoms. The number of carbonyl (C=O) groups excluding carboxylic acids is 1. The van der Waals surface area contributed by atoms with Crippen LogP contribution in [-0.2, 0) is 14.8 Å². The number of rotatable bonds is 6. The quantitative estimate of drug-likeness (QED) is 0.775.